The number of carbonyl (C=O) groups excluding carboxylic acids is 3. The van der Waals surface area contributed by atoms with Crippen molar-refractivity contribution in [2.45, 2.75) is 20.0 Å². The summed E-state index contributed by atoms with van der Waals surface area (Å²) in [4.78, 5) is 34.4. The number of halogens is 1. The van der Waals surface area contributed by atoms with Crippen LogP contribution in [0.3, 0.4) is 0 Å². The fourth-order valence-electron chi connectivity index (χ4n) is 2.22. The fourth-order valence-corrected chi connectivity index (χ4v) is 3.02. The Kier molecular flexibility index (Phi) is 8.82. The normalized spacial score (nSPS) is 10.3. The van der Waals surface area contributed by atoms with Gasteiger partial charge in [0.2, 0.25) is 11.8 Å². The van der Waals surface area contributed by atoms with Crippen molar-refractivity contribution < 1.29 is 19.1 Å². The minimum absolute atomic E-state index is 0.160. The van der Waals surface area contributed by atoms with Crippen molar-refractivity contribution in [3.8, 4) is 5.75 Å². The van der Waals surface area contributed by atoms with Gasteiger partial charge in [-0.05, 0) is 48.4 Å². The molecule has 0 bridgehead atoms. The summed E-state index contributed by atoms with van der Waals surface area (Å²) in [6, 6.07) is 12.3. The zero-order valence-electron chi connectivity index (χ0n) is 15.9. The lowest BCUT2D eigenvalue weighted by Crippen LogP contribution is -2.41. The number of hydrogen-bond donors (Lipinski definition) is 3. The van der Waals surface area contributed by atoms with Crippen molar-refractivity contribution in [1.29, 1.82) is 0 Å². The van der Waals surface area contributed by atoms with Gasteiger partial charge in [0.1, 0.15) is 12.4 Å². The summed E-state index contributed by atoms with van der Waals surface area (Å²) in [5.74, 6) is 0.105. The van der Waals surface area contributed by atoms with E-state index >= 15 is 0 Å². The molecule has 0 unspecified atom stereocenters. The number of nitrogens with two attached hydrogens (primary N) is 1. The number of amides is 3. The van der Waals surface area contributed by atoms with E-state index in [1.54, 1.807) is 36.4 Å². The third kappa shape index (κ3) is 8.05. The van der Waals surface area contributed by atoms with Crippen molar-refractivity contribution in [3.63, 3.8) is 0 Å². The molecule has 0 radical (unpaired) electrons. The van der Waals surface area contributed by atoms with E-state index in [0.717, 1.165) is 11.1 Å². The van der Waals surface area contributed by atoms with Gasteiger partial charge >= 0.3 is 0 Å². The first-order valence-corrected chi connectivity index (χ1v) is 10.3. The van der Waals surface area contributed by atoms with Gasteiger partial charge < -0.3 is 10.5 Å². The molecule has 2 aromatic carbocycles. The second-order valence-corrected chi connectivity index (χ2v) is 7.68. The lowest BCUT2D eigenvalue weighted by Gasteiger charge is -2.09. The molecule has 0 heterocycles. The lowest BCUT2D eigenvalue weighted by molar-refractivity contribution is -0.121. The molecule has 4 N–H and O–H groups in total. The van der Waals surface area contributed by atoms with Crippen molar-refractivity contribution in [3.05, 3.63) is 64.2 Å². The predicted octanol–water partition coefficient (Wildman–Crippen LogP) is 2.60. The molecular weight excluding hydrogens is 414 g/mol. The summed E-state index contributed by atoms with van der Waals surface area (Å²) in [6.45, 7) is 2.25. The first-order chi connectivity index (χ1) is 13.8. The summed E-state index contributed by atoms with van der Waals surface area (Å²) in [5.41, 5.74) is 11.9. The summed E-state index contributed by atoms with van der Waals surface area (Å²) in [6.07, 6.45) is 0.165. The van der Waals surface area contributed by atoms with E-state index in [4.69, 9.17) is 22.1 Å². The Hall–Kier alpha value is -2.71. The maximum Gasteiger partial charge on any atom is 0.269 e. The highest BCUT2D eigenvalue weighted by atomic mass is 35.5. The average molecular weight is 436 g/mol. The molecular formula is C20H22ClN3O4S. The second kappa shape index (κ2) is 11.3. The molecule has 0 aliphatic heterocycles. The van der Waals surface area contributed by atoms with Crippen LogP contribution in [0.25, 0.3) is 0 Å². The molecule has 0 aliphatic rings. The number of thioether (sulfide) groups is 1. The van der Waals surface area contributed by atoms with Crippen LogP contribution in [0.5, 0.6) is 5.75 Å². The number of ether oxygens (including phenoxy) is 1. The van der Waals surface area contributed by atoms with Crippen LogP contribution in [0, 0.1) is 6.92 Å². The average Bonchev–Trinajstić information content (AvgIpc) is 2.70. The van der Waals surface area contributed by atoms with Crippen molar-refractivity contribution in [1.82, 2.24) is 10.9 Å². The van der Waals surface area contributed by atoms with Gasteiger partial charge in [0, 0.05) is 22.8 Å². The highest BCUT2D eigenvalue weighted by Gasteiger charge is 2.08. The zero-order chi connectivity index (χ0) is 21.2. The van der Waals surface area contributed by atoms with Gasteiger partial charge in [-0.1, -0.05) is 23.7 Å². The van der Waals surface area contributed by atoms with Crippen molar-refractivity contribution in [2.75, 3.05) is 11.5 Å². The minimum atomic E-state index is -0.430. The largest absolute Gasteiger partial charge is 0.489 e. The number of hydrogen-bond acceptors (Lipinski definition) is 5. The van der Waals surface area contributed by atoms with Gasteiger partial charge in [-0.15, -0.1) is 0 Å². The molecule has 0 aliphatic carbocycles. The quantitative estimate of drug-likeness (QED) is 0.414. The maximum absolute atomic E-state index is 12.1. The number of hydrazine groups is 1. The first kappa shape index (κ1) is 22.6. The molecule has 0 fully saturated rings. The number of aryl methyl sites for hydroxylation is 1. The van der Waals surface area contributed by atoms with Crippen LogP contribution < -0.4 is 21.3 Å². The molecule has 29 heavy (non-hydrogen) atoms. The molecule has 2 rings (SSSR count). The molecule has 2 aromatic rings. The van der Waals surface area contributed by atoms with Crippen LogP contribution in [-0.4, -0.2) is 29.2 Å². The SMILES string of the molecule is Cc1cc(OCc2ccc(C(=O)NNC(=O)CCSCC(N)=O)cc2)ccc1Cl. The van der Waals surface area contributed by atoms with Gasteiger partial charge in [-0.2, -0.15) is 11.8 Å². The van der Waals surface area contributed by atoms with Gasteiger partial charge in [-0.25, -0.2) is 0 Å². The lowest BCUT2D eigenvalue weighted by atomic mass is 10.1. The minimum Gasteiger partial charge on any atom is -0.489 e. The van der Waals surface area contributed by atoms with E-state index in [-0.39, 0.29) is 18.1 Å². The monoisotopic (exact) mass is 435 g/mol. The van der Waals surface area contributed by atoms with E-state index < -0.39 is 11.8 Å². The highest BCUT2D eigenvalue weighted by molar-refractivity contribution is 7.99. The number of nitrogens with one attached hydrogen (secondary N) is 2. The van der Waals surface area contributed by atoms with E-state index in [1.807, 2.05) is 13.0 Å². The van der Waals surface area contributed by atoms with E-state index in [9.17, 15) is 14.4 Å². The third-order valence-electron chi connectivity index (χ3n) is 3.78. The van der Waals surface area contributed by atoms with Crippen LogP contribution in [0.4, 0.5) is 0 Å². The Labute approximate surface area is 178 Å². The maximum atomic E-state index is 12.1. The number of rotatable bonds is 9. The Morgan fingerprint density at radius 1 is 1.10 bits per heavy atom. The second-order valence-electron chi connectivity index (χ2n) is 6.17. The molecule has 0 saturated heterocycles. The van der Waals surface area contributed by atoms with E-state index in [1.165, 1.54) is 11.8 Å². The zero-order valence-corrected chi connectivity index (χ0v) is 17.4. The van der Waals surface area contributed by atoms with Gasteiger partial charge in [-0.3, -0.25) is 25.2 Å². The van der Waals surface area contributed by atoms with E-state index in [0.29, 0.717) is 28.7 Å². The summed E-state index contributed by atoms with van der Waals surface area (Å²) in [5, 5.41) is 0.684. The Balaban J connectivity index is 1.75. The van der Waals surface area contributed by atoms with Crippen molar-refractivity contribution >= 4 is 41.1 Å². The Morgan fingerprint density at radius 2 is 1.83 bits per heavy atom. The molecule has 3 amide bonds. The number of benzene rings is 2. The highest BCUT2D eigenvalue weighted by Crippen LogP contribution is 2.21. The molecule has 0 spiro atoms. The van der Waals surface area contributed by atoms with Crippen LogP contribution in [0.15, 0.2) is 42.5 Å². The summed E-state index contributed by atoms with van der Waals surface area (Å²) < 4.78 is 5.72. The van der Waals surface area contributed by atoms with Crippen LogP contribution in [0.1, 0.15) is 27.9 Å². The molecule has 9 heteroatoms. The van der Waals surface area contributed by atoms with Crippen molar-refractivity contribution in [2.24, 2.45) is 5.73 Å². The Morgan fingerprint density at radius 3 is 2.48 bits per heavy atom. The molecule has 7 nitrogen and oxygen atoms in total. The van der Waals surface area contributed by atoms with Crippen LogP contribution in [0.2, 0.25) is 5.02 Å². The van der Waals surface area contributed by atoms with Gasteiger partial charge in [0.05, 0.1) is 5.75 Å². The van der Waals surface area contributed by atoms with Crippen LogP contribution >= 0.6 is 23.4 Å². The fraction of sp³-hybridized carbons (Fsp3) is 0.250. The molecule has 0 saturated carbocycles. The molecule has 154 valence electrons. The number of carbonyl (C=O) groups is 3. The topological polar surface area (TPSA) is 111 Å². The van der Waals surface area contributed by atoms with Gasteiger partial charge in [0.25, 0.3) is 5.91 Å². The first-order valence-electron chi connectivity index (χ1n) is 8.78. The molecule has 0 aromatic heterocycles. The van der Waals surface area contributed by atoms with Gasteiger partial charge in [0.15, 0.2) is 0 Å². The van der Waals surface area contributed by atoms with Crippen LogP contribution in [-0.2, 0) is 16.2 Å². The Bertz CT molecular complexity index is 875. The standard InChI is InChI=1S/C20H22ClN3O4S/c1-13-10-16(6-7-17(13)21)28-11-14-2-4-15(5-3-14)20(27)24-23-19(26)8-9-29-12-18(22)25/h2-7,10H,8-9,11-12H2,1H3,(H2,22,25)(H,23,26)(H,24,27). The van der Waals surface area contributed by atoms with E-state index in [2.05, 4.69) is 10.9 Å². The molecule has 0 atom stereocenters. The summed E-state index contributed by atoms with van der Waals surface area (Å²) >= 11 is 7.26. The predicted molar refractivity (Wildman–Crippen MR) is 114 cm³/mol. The third-order valence-corrected chi connectivity index (χ3v) is 5.19. The smallest absolute Gasteiger partial charge is 0.269 e. The summed E-state index contributed by atoms with van der Waals surface area (Å²) in [7, 11) is 0. The number of primary amides is 1.